The number of nitrogens with zero attached hydrogens (tertiary/aromatic N) is 2. The molecule has 0 saturated carbocycles. The average Bonchev–Trinajstić information content (AvgIpc) is 3.17. The minimum Gasteiger partial charge on any atom is -0.481 e. The largest absolute Gasteiger partial charge is 0.481 e. The van der Waals surface area contributed by atoms with Crippen LogP contribution in [0.25, 0.3) is 5.69 Å². The van der Waals surface area contributed by atoms with E-state index >= 15 is 0 Å². The first-order valence-electron chi connectivity index (χ1n) is 8.68. The van der Waals surface area contributed by atoms with Gasteiger partial charge in [0.15, 0.2) is 0 Å². The molecule has 1 heterocycles. The zero-order chi connectivity index (χ0) is 19.2. The van der Waals surface area contributed by atoms with Gasteiger partial charge in [0.2, 0.25) is 5.91 Å². The Kier molecular flexibility index (Phi) is 5.66. The number of aromatic nitrogens is 2. The minimum atomic E-state index is -0.954. The van der Waals surface area contributed by atoms with Crippen LogP contribution in [0.2, 0.25) is 0 Å². The topological polar surface area (TPSA) is 84.2 Å². The van der Waals surface area contributed by atoms with Gasteiger partial charge in [0, 0.05) is 12.4 Å². The number of amides is 1. The van der Waals surface area contributed by atoms with E-state index in [0.29, 0.717) is 0 Å². The van der Waals surface area contributed by atoms with Gasteiger partial charge in [0.1, 0.15) is 0 Å². The number of carboxylic acid groups (broad SMARTS) is 1. The summed E-state index contributed by atoms with van der Waals surface area (Å²) in [5.74, 6) is -1.17. The Morgan fingerprint density at radius 3 is 2.41 bits per heavy atom. The molecule has 6 nitrogen and oxygen atoms in total. The monoisotopic (exact) mass is 363 g/mol. The summed E-state index contributed by atoms with van der Waals surface area (Å²) in [5.41, 5.74) is 3.62. The highest BCUT2D eigenvalue weighted by Crippen LogP contribution is 2.18. The van der Waals surface area contributed by atoms with Crippen molar-refractivity contribution in [3.63, 3.8) is 0 Å². The van der Waals surface area contributed by atoms with Gasteiger partial charge in [-0.25, -0.2) is 4.68 Å². The van der Waals surface area contributed by atoms with Gasteiger partial charge in [0.25, 0.3) is 0 Å². The van der Waals surface area contributed by atoms with Crippen LogP contribution < -0.4 is 5.32 Å². The van der Waals surface area contributed by atoms with Crippen molar-refractivity contribution in [3.8, 4) is 5.69 Å². The molecule has 6 heteroatoms. The van der Waals surface area contributed by atoms with Crippen molar-refractivity contribution >= 4 is 11.9 Å². The predicted molar refractivity (Wildman–Crippen MR) is 102 cm³/mol. The summed E-state index contributed by atoms with van der Waals surface area (Å²) in [6.45, 7) is 1.96. The zero-order valence-electron chi connectivity index (χ0n) is 15.0. The van der Waals surface area contributed by atoms with Gasteiger partial charge in [-0.15, -0.1) is 0 Å². The second-order valence-corrected chi connectivity index (χ2v) is 6.42. The minimum absolute atomic E-state index is 0.160. The quantitative estimate of drug-likeness (QED) is 0.676. The molecule has 3 rings (SSSR count). The van der Waals surface area contributed by atoms with Crippen molar-refractivity contribution in [2.24, 2.45) is 0 Å². The van der Waals surface area contributed by atoms with Gasteiger partial charge in [-0.05, 0) is 36.2 Å². The SMILES string of the molecule is Cc1ccc(C(CC(=O)O)NC(=O)Cc2ccc(-n3cccn3)cc2)cc1. The standard InChI is InChI=1S/C21H21N3O3/c1-15-3-7-17(8-4-15)19(14-21(26)27)23-20(25)13-16-5-9-18(10-6-16)24-12-2-11-22-24/h2-12,19H,13-14H2,1H3,(H,23,25)(H,26,27). The molecule has 138 valence electrons. The van der Waals surface area contributed by atoms with E-state index in [2.05, 4.69) is 10.4 Å². The lowest BCUT2D eigenvalue weighted by Gasteiger charge is -2.18. The van der Waals surface area contributed by atoms with Gasteiger partial charge in [-0.1, -0.05) is 42.0 Å². The summed E-state index contributed by atoms with van der Waals surface area (Å²) in [5, 5.41) is 16.2. The fourth-order valence-corrected chi connectivity index (χ4v) is 2.84. The highest BCUT2D eigenvalue weighted by molar-refractivity contribution is 5.80. The highest BCUT2D eigenvalue weighted by Gasteiger charge is 2.18. The highest BCUT2D eigenvalue weighted by atomic mass is 16.4. The van der Waals surface area contributed by atoms with Crippen molar-refractivity contribution in [2.75, 3.05) is 0 Å². The van der Waals surface area contributed by atoms with E-state index in [1.807, 2.05) is 67.7 Å². The Labute approximate surface area is 157 Å². The van der Waals surface area contributed by atoms with Crippen LogP contribution in [0, 0.1) is 6.92 Å². The zero-order valence-corrected chi connectivity index (χ0v) is 15.0. The molecule has 27 heavy (non-hydrogen) atoms. The van der Waals surface area contributed by atoms with Crippen molar-refractivity contribution in [2.45, 2.75) is 25.8 Å². The lowest BCUT2D eigenvalue weighted by molar-refractivity contribution is -0.137. The second kappa shape index (κ2) is 8.31. The predicted octanol–water partition coefficient (Wildman–Crippen LogP) is 3.06. The molecule has 1 amide bonds. The first-order valence-corrected chi connectivity index (χ1v) is 8.68. The number of nitrogens with one attached hydrogen (secondary N) is 1. The smallest absolute Gasteiger partial charge is 0.305 e. The number of rotatable bonds is 7. The van der Waals surface area contributed by atoms with Crippen molar-refractivity contribution in [1.82, 2.24) is 15.1 Å². The fourth-order valence-electron chi connectivity index (χ4n) is 2.84. The van der Waals surface area contributed by atoms with Gasteiger partial charge >= 0.3 is 5.97 Å². The summed E-state index contributed by atoms with van der Waals surface area (Å²) in [7, 11) is 0. The molecule has 2 N–H and O–H groups in total. The summed E-state index contributed by atoms with van der Waals surface area (Å²) in [6.07, 6.45) is 3.57. The normalized spacial score (nSPS) is 11.7. The average molecular weight is 363 g/mol. The number of hydrogen-bond donors (Lipinski definition) is 2. The van der Waals surface area contributed by atoms with Crippen LogP contribution >= 0.6 is 0 Å². The molecule has 0 saturated heterocycles. The van der Waals surface area contributed by atoms with E-state index in [9.17, 15) is 9.59 Å². The van der Waals surface area contributed by atoms with E-state index in [1.54, 1.807) is 10.9 Å². The summed E-state index contributed by atoms with van der Waals surface area (Å²) >= 11 is 0. The molecule has 0 aliphatic carbocycles. The number of carboxylic acids is 1. The van der Waals surface area contributed by atoms with E-state index in [1.165, 1.54) is 0 Å². The Bertz CT molecular complexity index is 901. The molecule has 0 aliphatic heterocycles. The molecular formula is C21H21N3O3. The molecule has 1 unspecified atom stereocenters. The molecule has 0 radical (unpaired) electrons. The van der Waals surface area contributed by atoms with Gasteiger partial charge in [-0.2, -0.15) is 5.10 Å². The number of benzene rings is 2. The van der Waals surface area contributed by atoms with E-state index in [4.69, 9.17) is 5.11 Å². The maximum absolute atomic E-state index is 12.4. The third kappa shape index (κ3) is 5.04. The van der Waals surface area contributed by atoms with Gasteiger partial charge in [-0.3, -0.25) is 9.59 Å². The van der Waals surface area contributed by atoms with Crippen LogP contribution in [0.3, 0.4) is 0 Å². The second-order valence-electron chi connectivity index (χ2n) is 6.42. The molecule has 1 aromatic heterocycles. The van der Waals surface area contributed by atoms with Crippen molar-refractivity contribution in [3.05, 3.63) is 83.7 Å². The van der Waals surface area contributed by atoms with E-state index < -0.39 is 12.0 Å². The van der Waals surface area contributed by atoms with Crippen LogP contribution in [0.4, 0.5) is 0 Å². The molecule has 0 fully saturated rings. The Morgan fingerprint density at radius 1 is 1.11 bits per heavy atom. The molecule has 0 aliphatic rings. The molecule has 0 bridgehead atoms. The molecule has 2 aromatic carbocycles. The van der Waals surface area contributed by atoms with E-state index in [-0.39, 0.29) is 18.7 Å². The van der Waals surface area contributed by atoms with Crippen molar-refractivity contribution < 1.29 is 14.7 Å². The maximum atomic E-state index is 12.4. The number of aliphatic carboxylic acids is 1. The first-order chi connectivity index (χ1) is 13.0. The third-order valence-corrected chi connectivity index (χ3v) is 4.26. The first kappa shape index (κ1) is 18.4. The summed E-state index contributed by atoms with van der Waals surface area (Å²) < 4.78 is 1.74. The molecule has 1 atom stereocenters. The lowest BCUT2D eigenvalue weighted by atomic mass is 10.0. The van der Waals surface area contributed by atoms with Crippen LogP contribution in [-0.2, 0) is 16.0 Å². The van der Waals surface area contributed by atoms with Crippen LogP contribution in [-0.4, -0.2) is 26.8 Å². The number of carbonyl (C=O) groups is 2. The lowest BCUT2D eigenvalue weighted by Crippen LogP contribution is -2.31. The van der Waals surface area contributed by atoms with Gasteiger partial charge < -0.3 is 10.4 Å². The molecule has 3 aromatic rings. The Morgan fingerprint density at radius 2 is 1.81 bits per heavy atom. The third-order valence-electron chi connectivity index (χ3n) is 4.26. The summed E-state index contributed by atoms with van der Waals surface area (Å²) in [6, 6.07) is 16.3. The van der Waals surface area contributed by atoms with Crippen LogP contribution in [0.5, 0.6) is 0 Å². The number of aryl methyl sites for hydroxylation is 1. The van der Waals surface area contributed by atoms with Crippen molar-refractivity contribution in [1.29, 1.82) is 0 Å². The summed E-state index contributed by atoms with van der Waals surface area (Å²) in [4.78, 5) is 23.6. The van der Waals surface area contributed by atoms with Crippen LogP contribution in [0.1, 0.15) is 29.2 Å². The Hall–Kier alpha value is -3.41. The van der Waals surface area contributed by atoms with Crippen LogP contribution in [0.15, 0.2) is 67.0 Å². The molecule has 0 spiro atoms. The molecular weight excluding hydrogens is 342 g/mol. The number of hydrogen-bond acceptors (Lipinski definition) is 3. The number of carbonyl (C=O) groups excluding carboxylic acids is 1. The van der Waals surface area contributed by atoms with Gasteiger partial charge in [0.05, 0.1) is 24.6 Å². The van der Waals surface area contributed by atoms with E-state index in [0.717, 1.165) is 22.4 Å². The maximum Gasteiger partial charge on any atom is 0.305 e. The Balaban J connectivity index is 1.66. The fraction of sp³-hybridized carbons (Fsp3) is 0.190.